The summed E-state index contributed by atoms with van der Waals surface area (Å²) in [6.45, 7) is 0. The van der Waals surface area contributed by atoms with Crippen LogP contribution in [-0.4, -0.2) is 24.1 Å². The summed E-state index contributed by atoms with van der Waals surface area (Å²) in [5.74, 6) is -0.133. The van der Waals surface area contributed by atoms with Gasteiger partial charge in [-0.2, -0.15) is 0 Å². The third-order valence-electron chi connectivity index (χ3n) is 4.34. The van der Waals surface area contributed by atoms with Crippen molar-refractivity contribution in [3.63, 3.8) is 0 Å². The molecule has 6 heteroatoms. The number of hydrogen-bond donors (Lipinski definition) is 1. The van der Waals surface area contributed by atoms with Gasteiger partial charge in [-0.25, -0.2) is 12.7 Å². The molecule has 0 aliphatic carbocycles. The third-order valence-corrected chi connectivity index (χ3v) is 6.55. The molecule has 1 N–H and O–H groups in total. The number of aliphatic hydroxyl groups excluding tert-OH is 1. The zero-order chi connectivity index (χ0) is 16.2. The lowest BCUT2D eigenvalue weighted by Gasteiger charge is -2.33. The predicted molar refractivity (Wildman–Crippen MR) is 88.3 cm³/mol. The molecule has 23 heavy (non-hydrogen) atoms. The van der Waals surface area contributed by atoms with Gasteiger partial charge in [0, 0.05) is 22.9 Å². The van der Waals surface area contributed by atoms with Crippen LogP contribution in [0, 0.1) is 0 Å². The van der Waals surface area contributed by atoms with E-state index in [1.54, 1.807) is 30.3 Å². The topological polar surface area (TPSA) is 57.6 Å². The van der Waals surface area contributed by atoms with Crippen molar-refractivity contribution in [1.82, 2.24) is 4.31 Å². The SMILES string of the molecule is O=S1(=O)c2ccccc2C2=C[C@H](c3ccccc3Cl)C[C@@H](O)N21. The minimum Gasteiger partial charge on any atom is -0.372 e. The third kappa shape index (κ3) is 2.11. The Morgan fingerprint density at radius 2 is 1.78 bits per heavy atom. The van der Waals surface area contributed by atoms with Gasteiger partial charge in [0.25, 0.3) is 10.0 Å². The number of rotatable bonds is 1. The number of nitrogens with zero attached hydrogens (tertiary/aromatic N) is 1. The van der Waals surface area contributed by atoms with E-state index in [0.717, 1.165) is 9.87 Å². The molecular formula is C17H14ClNO3S. The molecular weight excluding hydrogens is 334 g/mol. The summed E-state index contributed by atoms with van der Waals surface area (Å²) in [4.78, 5) is 0.241. The fourth-order valence-electron chi connectivity index (χ4n) is 3.32. The lowest BCUT2D eigenvalue weighted by atomic mass is 9.90. The summed E-state index contributed by atoms with van der Waals surface area (Å²) in [5.41, 5.74) is 2.05. The molecule has 0 saturated carbocycles. The highest BCUT2D eigenvalue weighted by molar-refractivity contribution is 7.90. The largest absolute Gasteiger partial charge is 0.372 e. The van der Waals surface area contributed by atoms with E-state index in [1.165, 1.54) is 0 Å². The average Bonchev–Trinajstić information content (AvgIpc) is 2.77. The van der Waals surface area contributed by atoms with Gasteiger partial charge < -0.3 is 5.11 Å². The van der Waals surface area contributed by atoms with Crippen LogP contribution in [0.15, 0.2) is 59.5 Å². The van der Waals surface area contributed by atoms with E-state index in [4.69, 9.17) is 11.6 Å². The first-order chi connectivity index (χ1) is 11.0. The van der Waals surface area contributed by atoms with Gasteiger partial charge in [-0.3, -0.25) is 0 Å². The smallest absolute Gasteiger partial charge is 0.267 e. The summed E-state index contributed by atoms with van der Waals surface area (Å²) >= 11 is 6.26. The molecule has 2 aromatic carbocycles. The minimum absolute atomic E-state index is 0.133. The van der Waals surface area contributed by atoms with Crippen molar-refractivity contribution in [3.8, 4) is 0 Å². The number of fused-ring (bicyclic) bond motifs is 3. The summed E-state index contributed by atoms with van der Waals surface area (Å²) in [6.07, 6.45) is 1.06. The van der Waals surface area contributed by atoms with Gasteiger partial charge in [-0.15, -0.1) is 0 Å². The Balaban J connectivity index is 1.91. The summed E-state index contributed by atoms with van der Waals surface area (Å²) in [6, 6.07) is 14.3. The zero-order valence-electron chi connectivity index (χ0n) is 12.1. The van der Waals surface area contributed by atoms with Crippen molar-refractivity contribution in [2.24, 2.45) is 0 Å². The molecule has 4 nitrogen and oxygen atoms in total. The van der Waals surface area contributed by atoms with E-state index < -0.39 is 16.3 Å². The van der Waals surface area contributed by atoms with Gasteiger partial charge >= 0.3 is 0 Å². The van der Waals surface area contributed by atoms with Gasteiger partial charge in [0.1, 0.15) is 6.23 Å². The summed E-state index contributed by atoms with van der Waals surface area (Å²) < 4.78 is 26.4. The van der Waals surface area contributed by atoms with Gasteiger partial charge in [-0.1, -0.05) is 54.1 Å². The van der Waals surface area contributed by atoms with Crippen molar-refractivity contribution >= 4 is 27.3 Å². The van der Waals surface area contributed by atoms with E-state index in [9.17, 15) is 13.5 Å². The molecule has 2 aliphatic heterocycles. The van der Waals surface area contributed by atoms with Crippen molar-refractivity contribution in [2.75, 3.05) is 0 Å². The van der Waals surface area contributed by atoms with Gasteiger partial charge in [0.05, 0.1) is 10.6 Å². The van der Waals surface area contributed by atoms with Gasteiger partial charge in [-0.05, 0) is 17.7 Å². The van der Waals surface area contributed by atoms with Crippen LogP contribution in [0.2, 0.25) is 5.02 Å². The fraction of sp³-hybridized carbons (Fsp3) is 0.176. The van der Waals surface area contributed by atoms with E-state index in [-0.39, 0.29) is 17.2 Å². The van der Waals surface area contributed by atoms with Crippen molar-refractivity contribution in [3.05, 3.63) is 70.8 Å². The number of allylic oxidation sites excluding steroid dienone is 1. The molecule has 0 bridgehead atoms. The van der Waals surface area contributed by atoms with Crippen molar-refractivity contribution in [2.45, 2.75) is 23.5 Å². The second-order valence-corrected chi connectivity index (χ2v) is 7.88. The molecule has 2 atom stereocenters. The van der Waals surface area contributed by atoms with Crippen LogP contribution < -0.4 is 0 Å². The summed E-state index contributed by atoms with van der Waals surface area (Å²) in [7, 11) is -3.69. The molecule has 118 valence electrons. The molecule has 0 fully saturated rings. The first kappa shape index (κ1) is 14.8. The maximum absolute atomic E-state index is 12.6. The monoisotopic (exact) mass is 347 g/mol. The summed E-state index contributed by atoms with van der Waals surface area (Å²) in [5, 5.41) is 11.1. The lowest BCUT2D eigenvalue weighted by molar-refractivity contribution is 0.0794. The molecule has 2 aromatic rings. The molecule has 0 unspecified atom stereocenters. The standard InChI is InChI=1S/C17H14ClNO3S/c18-14-7-3-1-5-12(14)11-9-15-13-6-2-4-8-16(13)23(21,22)19(15)17(20)10-11/h1-9,11,17,20H,10H2/t11-,17+/m0/s1. The van der Waals surface area contributed by atoms with Crippen LogP contribution in [-0.2, 0) is 10.0 Å². The molecule has 0 saturated heterocycles. The zero-order valence-corrected chi connectivity index (χ0v) is 13.6. The highest BCUT2D eigenvalue weighted by Crippen LogP contribution is 2.46. The Bertz CT molecular complexity index is 923. The Morgan fingerprint density at radius 1 is 1.09 bits per heavy atom. The van der Waals surface area contributed by atoms with Crippen LogP contribution in [0.3, 0.4) is 0 Å². The second-order valence-electron chi connectivity index (χ2n) is 5.69. The van der Waals surface area contributed by atoms with Crippen LogP contribution in [0.25, 0.3) is 5.70 Å². The molecule has 0 aromatic heterocycles. The van der Waals surface area contributed by atoms with Crippen LogP contribution >= 0.6 is 11.6 Å². The number of aliphatic hydroxyl groups is 1. The van der Waals surface area contributed by atoms with Crippen molar-refractivity contribution < 1.29 is 13.5 Å². The number of halogens is 1. The number of benzene rings is 2. The molecule has 2 heterocycles. The highest BCUT2D eigenvalue weighted by Gasteiger charge is 2.44. The fourth-order valence-corrected chi connectivity index (χ4v) is 5.33. The Morgan fingerprint density at radius 3 is 2.57 bits per heavy atom. The van der Waals surface area contributed by atoms with E-state index in [2.05, 4.69) is 0 Å². The minimum atomic E-state index is -3.69. The highest BCUT2D eigenvalue weighted by atomic mass is 35.5. The first-order valence-corrected chi connectivity index (χ1v) is 9.10. The number of sulfonamides is 1. The van der Waals surface area contributed by atoms with Crippen LogP contribution in [0.1, 0.15) is 23.5 Å². The molecule has 0 radical (unpaired) electrons. The van der Waals surface area contributed by atoms with E-state index in [1.807, 2.05) is 24.3 Å². The van der Waals surface area contributed by atoms with Gasteiger partial charge in [0.15, 0.2) is 0 Å². The normalized spacial score (nSPS) is 24.8. The average molecular weight is 348 g/mol. The first-order valence-electron chi connectivity index (χ1n) is 7.28. The van der Waals surface area contributed by atoms with E-state index in [0.29, 0.717) is 16.3 Å². The molecule has 4 rings (SSSR count). The Kier molecular flexibility index (Phi) is 3.27. The Labute approximate surface area is 139 Å². The predicted octanol–water partition coefficient (Wildman–Crippen LogP) is 3.19. The maximum Gasteiger partial charge on any atom is 0.267 e. The van der Waals surface area contributed by atoms with Crippen LogP contribution in [0.5, 0.6) is 0 Å². The Hall–Kier alpha value is -1.82. The quantitative estimate of drug-likeness (QED) is 0.861. The van der Waals surface area contributed by atoms with Gasteiger partial charge in [0.2, 0.25) is 0 Å². The molecule has 2 aliphatic rings. The maximum atomic E-state index is 12.6. The lowest BCUT2D eigenvalue weighted by Crippen LogP contribution is -2.38. The number of hydrogen-bond acceptors (Lipinski definition) is 3. The second kappa shape index (κ2) is 5.09. The van der Waals surface area contributed by atoms with Crippen molar-refractivity contribution in [1.29, 1.82) is 0 Å². The van der Waals surface area contributed by atoms with Crippen LogP contribution in [0.4, 0.5) is 0 Å². The van der Waals surface area contributed by atoms with E-state index >= 15 is 0 Å². The molecule has 0 amide bonds. The molecule has 0 spiro atoms.